The lowest BCUT2D eigenvalue weighted by Crippen LogP contribution is -2.09. The van der Waals surface area contributed by atoms with Gasteiger partial charge in [0.05, 0.1) is 5.69 Å². The van der Waals surface area contributed by atoms with Crippen molar-refractivity contribution in [2.45, 2.75) is 0 Å². The standard InChI is InChI=1S/C24H18BrNO/c25-19-16-22(18-24(17-19)27-23-14-8-3-9-15-23)26(20-10-4-1-5-11-20)21-12-6-2-7-13-21/h1-18H. The van der Waals surface area contributed by atoms with Crippen LogP contribution in [0.15, 0.2) is 114 Å². The molecule has 0 atom stereocenters. The smallest absolute Gasteiger partial charge is 0.130 e. The van der Waals surface area contributed by atoms with Gasteiger partial charge in [-0.25, -0.2) is 0 Å². The van der Waals surface area contributed by atoms with Gasteiger partial charge in [-0.2, -0.15) is 0 Å². The summed E-state index contributed by atoms with van der Waals surface area (Å²) < 4.78 is 7.03. The molecule has 0 bridgehead atoms. The molecule has 3 heteroatoms. The van der Waals surface area contributed by atoms with E-state index in [2.05, 4.69) is 57.2 Å². The van der Waals surface area contributed by atoms with E-state index in [-0.39, 0.29) is 0 Å². The van der Waals surface area contributed by atoms with Crippen molar-refractivity contribution in [3.8, 4) is 11.5 Å². The average molecular weight is 416 g/mol. The second-order valence-corrected chi connectivity index (χ2v) is 6.98. The molecule has 0 aliphatic heterocycles. The maximum Gasteiger partial charge on any atom is 0.130 e. The fourth-order valence-corrected chi connectivity index (χ4v) is 3.42. The number of rotatable bonds is 5. The Hall–Kier alpha value is -3.04. The number of benzene rings is 4. The Morgan fingerprint density at radius 3 is 1.59 bits per heavy atom. The Balaban J connectivity index is 1.78. The molecule has 4 aromatic rings. The highest BCUT2D eigenvalue weighted by atomic mass is 79.9. The number of para-hydroxylation sites is 3. The number of anilines is 3. The Labute approximate surface area is 167 Å². The van der Waals surface area contributed by atoms with Gasteiger partial charge in [-0.3, -0.25) is 0 Å². The van der Waals surface area contributed by atoms with E-state index in [0.29, 0.717) is 0 Å². The summed E-state index contributed by atoms with van der Waals surface area (Å²) in [6.07, 6.45) is 0. The molecule has 2 nitrogen and oxygen atoms in total. The number of ether oxygens (including phenoxy) is 1. The largest absolute Gasteiger partial charge is 0.457 e. The third-order valence-corrected chi connectivity index (χ3v) is 4.58. The van der Waals surface area contributed by atoms with Crippen molar-refractivity contribution in [3.63, 3.8) is 0 Å². The van der Waals surface area contributed by atoms with Crippen molar-refractivity contribution in [3.05, 3.63) is 114 Å². The predicted molar refractivity (Wildman–Crippen MR) is 115 cm³/mol. The van der Waals surface area contributed by atoms with Crippen molar-refractivity contribution in [1.82, 2.24) is 0 Å². The van der Waals surface area contributed by atoms with Crippen molar-refractivity contribution >= 4 is 33.0 Å². The lowest BCUT2D eigenvalue weighted by molar-refractivity contribution is 0.482. The Bertz CT molecular complexity index is 965. The molecule has 0 aromatic heterocycles. The molecule has 0 aliphatic carbocycles. The van der Waals surface area contributed by atoms with Crippen LogP contribution in [0.4, 0.5) is 17.1 Å². The molecule has 4 aromatic carbocycles. The van der Waals surface area contributed by atoms with E-state index in [4.69, 9.17) is 4.74 Å². The lowest BCUT2D eigenvalue weighted by atomic mass is 10.2. The summed E-state index contributed by atoms with van der Waals surface area (Å²) in [4.78, 5) is 2.21. The summed E-state index contributed by atoms with van der Waals surface area (Å²) in [6, 6.07) is 36.6. The Kier molecular flexibility index (Phi) is 5.22. The van der Waals surface area contributed by atoms with Crippen LogP contribution in [0.25, 0.3) is 0 Å². The maximum atomic E-state index is 6.07. The maximum absolute atomic E-state index is 6.07. The van der Waals surface area contributed by atoms with Crippen molar-refractivity contribution in [2.75, 3.05) is 4.90 Å². The van der Waals surface area contributed by atoms with Crippen LogP contribution in [0.3, 0.4) is 0 Å². The molecule has 4 rings (SSSR count). The van der Waals surface area contributed by atoms with Gasteiger partial charge in [-0.05, 0) is 48.5 Å². The molecular formula is C24H18BrNO. The fraction of sp³-hybridized carbons (Fsp3) is 0. The highest BCUT2D eigenvalue weighted by Crippen LogP contribution is 2.38. The molecule has 0 unspecified atom stereocenters. The molecule has 0 heterocycles. The van der Waals surface area contributed by atoms with E-state index in [1.807, 2.05) is 72.8 Å². The SMILES string of the molecule is Brc1cc(Oc2ccccc2)cc(N(c2ccccc2)c2ccccc2)c1. The van der Waals surface area contributed by atoms with Crippen LogP contribution in [0, 0.1) is 0 Å². The van der Waals surface area contributed by atoms with E-state index in [9.17, 15) is 0 Å². The molecule has 0 radical (unpaired) electrons. The number of halogens is 1. The molecule has 132 valence electrons. The molecule has 0 aliphatic rings. The zero-order chi connectivity index (χ0) is 18.5. The van der Waals surface area contributed by atoms with Gasteiger partial charge in [0.25, 0.3) is 0 Å². The van der Waals surface area contributed by atoms with Gasteiger partial charge in [-0.15, -0.1) is 0 Å². The molecular weight excluding hydrogens is 398 g/mol. The highest BCUT2D eigenvalue weighted by molar-refractivity contribution is 9.10. The van der Waals surface area contributed by atoms with Crippen LogP contribution in [0.5, 0.6) is 11.5 Å². The fourth-order valence-electron chi connectivity index (χ4n) is 2.96. The van der Waals surface area contributed by atoms with Crippen LogP contribution >= 0.6 is 15.9 Å². The van der Waals surface area contributed by atoms with Crippen LogP contribution in [-0.2, 0) is 0 Å². The molecule has 0 spiro atoms. The van der Waals surface area contributed by atoms with Gasteiger partial charge >= 0.3 is 0 Å². The van der Waals surface area contributed by atoms with E-state index in [0.717, 1.165) is 33.0 Å². The summed E-state index contributed by atoms with van der Waals surface area (Å²) in [6.45, 7) is 0. The predicted octanol–water partition coefficient (Wildman–Crippen LogP) is 7.71. The second-order valence-electron chi connectivity index (χ2n) is 6.07. The van der Waals surface area contributed by atoms with Crippen molar-refractivity contribution < 1.29 is 4.74 Å². The Morgan fingerprint density at radius 2 is 1.04 bits per heavy atom. The first-order valence-corrected chi connectivity index (χ1v) is 9.53. The minimum absolute atomic E-state index is 0.780. The monoisotopic (exact) mass is 415 g/mol. The first-order valence-electron chi connectivity index (χ1n) is 8.73. The molecule has 0 saturated carbocycles. The normalized spacial score (nSPS) is 10.4. The minimum atomic E-state index is 0.780. The van der Waals surface area contributed by atoms with Crippen molar-refractivity contribution in [1.29, 1.82) is 0 Å². The van der Waals surface area contributed by atoms with E-state index < -0.39 is 0 Å². The molecule has 0 fully saturated rings. The molecule has 0 N–H and O–H groups in total. The van der Waals surface area contributed by atoms with Gasteiger partial charge in [-0.1, -0.05) is 70.5 Å². The third kappa shape index (κ3) is 4.21. The van der Waals surface area contributed by atoms with Crippen LogP contribution in [0.2, 0.25) is 0 Å². The number of hydrogen-bond acceptors (Lipinski definition) is 2. The molecule has 0 saturated heterocycles. The first-order chi connectivity index (χ1) is 13.3. The summed E-state index contributed by atoms with van der Waals surface area (Å²) in [5.74, 6) is 1.59. The average Bonchev–Trinajstić information content (AvgIpc) is 2.70. The second kappa shape index (κ2) is 8.11. The molecule has 27 heavy (non-hydrogen) atoms. The van der Waals surface area contributed by atoms with Gasteiger partial charge in [0.1, 0.15) is 11.5 Å². The highest BCUT2D eigenvalue weighted by Gasteiger charge is 2.14. The van der Waals surface area contributed by atoms with Gasteiger partial charge in [0, 0.05) is 21.9 Å². The lowest BCUT2D eigenvalue weighted by Gasteiger charge is -2.26. The van der Waals surface area contributed by atoms with E-state index in [1.165, 1.54) is 0 Å². The Morgan fingerprint density at radius 1 is 0.519 bits per heavy atom. The van der Waals surface area contributed by atoms with Gasteiger partial charge < -0.3 is 9.64 Å². The van der Waals surface area contributed by atoms with Crippen LogP contribution in [0.1, 0.15) is 0 Å². The summed E-state index contributed by atoms with van der Waals surface area (Å²) in [7, 11) is 0. The zero-order valence-corrected chi connectivity index (χ0v) is 16.2. The van der Waals surface area contributed by atoms with Gasteiger partial charge in [0.2, 0.25) is 0 Å². The zero-order valence-electron chi connectivity index (χ0n) is 14.6. The number of hydrogen-bond donors (Lipinski definition) is 0. The van der Waals surface area contributed by atoms with Crippen molar-refractivity contribution in [2.24, 2.45) is 0 Å². The minimum Gasteiger partial charge on any atom is -0.457 e. The first kappa shape index (κ1) is 17.4. The van der Waals surface area contributed by atoms with Gasteiger partial charge in [0.15, 0.2) is 0 Å². The summed E-state index contributed by atoms with van der Waals surface area (Å²) >= 11 is 3.63. The van der Waals surface area contributed by atoms with E-state index in [1.54, 1.807) is 0 Å². The van der Waals surface area contributed by atoms with Crippen LogP contribution < -0.4 is 9.64 Å². The summed E-state index contributed by atoms with van der Waals surface area (Å²) in [5.41, 5.74) is 3.20. The van der Waals surface area contributed by atoms with E-state index >= 15 is 0 Å². The topological polar surface area (TPSA) is 12.5 Å². The third-order valence-electron chi connectivity index (χ3n) is 4.12. The molecule has 0 amide bonds. The van der Waals surface area contributed by atoms with Crippen LogP contribution in [-0.4, -0.2) is 0 Å². The quantitative estimate of drug-likeness (QED) is 0.330. The number of nitrogens with zero attached hydrogens (tertiary/aromatic N) is 1. The summed E-state index contributed by atoms with van der Waals surface area (Å²) in [5, 5.41) is 0.